The van der Waals surface area contributed by atoms with Gasteiger partial charge in [-0.2, -0.15) is 0 Å². The number of aromatic nitrogens is 3. The van der Waals surface area contributed by atoms with Gasteiger partial charge in [-0.15, -0.1) is 0 Å². The van der Waals surface area contributed by atoms with Gasteiger partial charge in [-0.1, -0.05) is 104 Å². The molecule has 0 radical (unpaired) electrons. The van der Waals surface area contributed by atoms with Crippen LogP contribution in [0.25, 0.3) is 93.1 Å². The van der Waals surface area contributed by atoms with Crippen LogP contribution < -0.4 is 0 Å². The zero-order valence-corrected chi connectivity index (χ0v) is 25.4. The summed E-state index contributed by atoms with van der Waals surface area (Å²) in [4.78, 5) is 0. The first-order valence-electron chi connectivity index (χ1n) is 15.8. The fraction of sp³-hybridized carbons (Fsp3) is 0.0233. The summed E-state index contributed by atoms with van der Waals surface area (Å²) < 4.78 is 7.31. The first-order chi connectivity index (χ1) is 22.7. The van der Waals surface area contributed by atoms with Crippen molar-refractivity contribution in [3.63, 3.8) is 0 Å². The summed E-state index contributed by atoms with van der Waals surface area (Å²) >= 11 is 0. The summed E-state index contributed by atoms with van der Waals surface area (Å²) in [6.07, 6.45) is 6.36. The van der Waals surface area contributed by atoms with E-state index in [-0.39, 0.29) is 0 Å². The van der Waals surface area contributed by atoms with Crippen LogP contribution in [0, 0.1) is 0 Å². The lowest BCUT2D eigenvalue weighted by molar-refractivity contribution is 1.18. The normalized spacial score (nSPS) is 13.2. The van der Waals surface area contributed by atoms with Crippen molar-refractivity contribution in [3.8, 4) is 0 Å². The fourth-order valence-corrected chi connectivity index (χ4v) is 8.14. The molecule has 4 aromatic heterocycles. The molecule has 4 heterocycles. The van der Waals surface area contributed by atoms with Crippen LogP contribution in [0.1, 0.15) is 6.92 Å². The van der Waals surface area contributed by atoms with Gasteiger partial charge in [-0.25, -0.2) is 0 Å². The molecule has 0 saturated heterocycles. The van der Waals surface area contributed by atoms with Gasteiger partial charge in [0.2, 0.25) is 0 Å². The van der Waals surface area contributed by atoms with Crippen molar-refractivity contribution in [2.45, 2.75) is 6.92 Å². The topological polar surface area (TPSA) is 14.3 Å². The molecule has 0 fully saturated rings. The molecule has 0 aliphatic rings. The maximum Gasteiger partial charge on any atom is 0.0641 e. The third kappa shape index (κ3) is 3.16. The Morgan fingerprint density at radius 2 is 0.978 bits per heavy atom. The van der Waals surface area contributed by atoms with Crippen molar-refractivity contribution in [2.24, 2.45) is 0 Å². The zero-order valence-electron chi connectivity index (χ0n) is 25.4. The van der Waals surface area contributed by atoms with Crippen molar-refractivity contribution in [3.05, 3.63) is 152 Å². The van der Waals surface area contributed by atoms with E-state index >= 15 is 0 Å². The highest BCUT2D eigenvalue weighted by molar-refractivity contribution is 6.33. The van der Waals surface area contributed by atoms with Gasteiger partial charge in [0, 0.05) is 49.1 Å². The third-order valence-electron chi connectivity index (χ3n) is 9.86. The third-order valence-corrected chi connectivity index (χ3v) is 9.86. The van der Waals surface area contributed by atoms with Gasteiger partial charge in [0.05, 0.1) is 38.6 Å². The van der Waals surface area contributed by atoms with Gasteiger partial charge in [0.1, 0.15) is 0 Å². The molecule has 0 aliphatic heterocycles. The summed E-state index contributed by atoms with van der Waals surface area (Å²) in [6.45, 7) is 6.37. The number of para-hydroxylation sites is 4. The largest absolute Gasteiger partial charge is 0.313 e. The van der Waals surface area contributed by atoms with E-state index in [0.717, 1.165) is 11.4 Å². The van der Waals surface area contributed by atoms with E-state index in [9.17, 15) is 0 Å². The van der Waals surface area contributed by atoms with Crippen molar-refractivity contribution in [1.82, 2.24) is 13.5 Å². The molecule has 3 heteroatoms. The van der Waals surface area contributed by atoms with E-state index in [2.05, 4.69) is 167 Å². The molecule has 46 heavy (non-hydrogen) atoms. The van der Waals surface area contributed by atoms with Crippen LogP contribution >= 0.6 is 0 Å². The number of hydrogen-bond acceptors (Lipinski definition) is 0. The van der Waals surface area contributed by atoms with Gasteiger partial charge >= 0.3 is 0 Å². The predicted molar refractivity (Wildman–Crippen MR) is 198 cm³/mol. The van der Waals surface area contributed by atoms with Crippen LogP contribution in [-0.2, 0) is 0 Å². The van der Waals surface area contributed by atoms with Gasteiger partial charge < -0.3 is 13.5 Å². The lowest BCUT2D eigenvalue weighted by Gasteiger charge is -2.13. The van der Waals surface area contributed by atoms with Crippen LogP contribution in [0.4, 0.5) is 0 Å². The summed E-state index contributed by atoms with van der Waals surface area (Å²) in [5, 5.41) is 10.2. The number of fused-ring (bicyclic) bond motifs is 9. The first kappa shape index (κ1) is 25.3. The molecule has 0 N–H and O–H groups in total. The molecule has 0 atom stereocenters. The Balaban J connectivity index is 1.36. The highest BCUT2D eigenvalue weighted by atomic mass is 15.0. The Bertz CT molecular complexity index is 2880. The van der Waals surface area contributed by atoms with Crippen LogP contribution in [0.2, 0.25) is 0 Å². The van der Waals surface area contributed by atoms with Crippen molar-refractivity contribution in [2.75, 3.05) is 0 Å². The molecular weight excluding hydrogens is 558 g/mol. The Morgan fingerprint density at radius 3 is 1.61 bits per heavy atom. The van der Waals surface area contributed by atoms with E-state index < -0.39 is 0 Å². The Morgan fingerprint density at radius 1 is 0.478 bits per heavy atom. The van der Waals surface area contributed by atoms with Gasteiger partial charge in [-0.3, -0.25) is 0 Å². The summed E-state index contributed by atoms with van der Waals surface area (Å²) in [5.41, 5.74) is 10.7. The maximum atomic E-state index is 4.16. The molecule has 0 spiro atoms. The highest BCUT2D eigenvalue weighted by Gasteiger charge is 2.23. The smallest absolute Gasteiger partial charge is 0.0641 e. The fourth-order valence-electron chi connectivity index (χ4n) is 8.14. The lowest BCUT2D eigenvalue weighted by atomic mass is 10.0. The number of allylic oxidation sites excluding steroid dienone is 5. The van der Waals surface area contributed by atoms with Crippen molar-refractivity contribution in [1.29, 1.82) is 0 Å². The number of rotatable bonds is 4. The first-order valence-corrected chi connectivity index (χ1v) is 15.8. The second kappa shape index (κ2) is 9.23. The van der Waals surface area contributed by atoms with Crippen LogP contribution in [0.3, 0.4) is 0 Å². The van der Waals surface area contributed by atoms with Crippen LogP contribution in [0.15, 0.2) is 152 Å². The highest BCUT2D eigenvalue weighted by Crippen LogP contribution is 2.45. The Hall–Kier alpha value is -6.06. The molecule has 0 bridgehead atoms. The van der Waals surface area contributed by atoms with Crippen molar-refractivity contribution < 1.29 is 0 Å². The van der Waals surface area contributed by atoms with E-state index in [0.29, 0.717) is 0 Å². The molecule has 0 saturated carbocycles. The van der Waals surface area contributed by atoms with Gasteiger partial charge in [0.15, 0.2) is 0 Å². The molecule has 0 aliphatic carbocycles. The average molecular weight is 588 g/mol. The molecule has 0 amide bonds. The lowest BCUT2D eigenvalue weighted by Crippen LogP contribution is -1.99. The molecule has 3 nitrogen and oxygen atoms in total. The van der Waals surface area contributed by atoms with E-state index in [1.807, 2.05) is 6.08 Å². The molecular formula is C43H29N3. The standard InChI is InChI=1S/C43H29N3/c1-3-13-28(26-27(2)44-35-19-8-4-14-29(35)30-15-5-9-20-36(30)44)45-39-23-12-18-33-31-16-6-10-21-37(31)46-38-22-11-7-17-32(38)34-24-25-40(45)42(41(33)39)43(34)46/h3-26H,1H2,2H3/b27-26+,28-13+. The number of hydrogen-bond donors (Lipinski definition) is 0. The minimum Gasteiger partial charge on any atom is -0.313 e. The molecule has 6 aromatic carbocycles. The maximum absolute atomic E-state index is 4.16. The summed E-state index contributed by atoms with van der Waals surface area (Å²) in [5.74, 6) is 0. The minimum absolute atomic E-state index is 1.07. The SMILES string of the molecule is C=C/C=C(\C=C(/C)n1c2ccccc2c2ccccc21)n1c2cccc3c4ccccc4n4c5ccccc5c5ccc1c(c32)c54. The van der Waals surface area contributed by atoms with Crippen LogP contribution in [0.5, 0.6) is 0 Å². The minimum atomic E-state index is 1.07. The van der Waals surface area contributed by atoms with E-state index in [1.165, 1.54) is 81.7 Å². The molecule has 216 valence electrons. The summed E-state index contributed by atoms with van der Waals surface area (Å²) in [7, 11) is 0. The van der Waals surface area contributed by atoms with Gasteiger partial charge in [0.25, 0.3) is 0 Å². The van der Waals surface area contributed by atoms with Crippen molar-refractivity contribution >= 4 is 93.1 Å². The monoisotopic (exact) mass is 587 g/mol. The number of nitrogens with zero attached hydrogens (tertiary/aromatic N) is 3. The van der Waals surface area contributed by atoms with E-state index in [1.54, 1.807) is 0 Å². The van der Waals surface area contributed by atoms with Crippen LogP contribution in [-0.4, -0.2) is 13.5 Å². The second-order valence-corrected chi connectivity index (χ2v) is 12.2. The Labute approximate surface area is 265 Å². The number of benzene rings is 6. The summed E-state index contributed by atoms with van der Waals surface area (Å²) in [6, 6.07) is 46.4. The average Bonchev–Trinajstić information content (AvgIpc) is 3.70. The molecule has 10 aromatic rings. The quantitative estimate of drug-likeness (QED) is 0.182. The molecule has 0 unspecified atom stereocenters. The molecule has 10 rings (SSSR count). The Kier molecular flexibility index (Phi) is 5.07. The predicted octanol–water partition coefficient (Wildman–Crippen LogP) is 11.6. The van der Waals surface area contributed by atoms with E-state index in [4.69, 9.17) is 0 Å². The zero-order chi connectivity index (χ0) is 30.5. The van der Waals surface area contributed by atoms with Gasteiger partial charge in [-0.05, 0) is 60.9 Å². The second-order valence-electron chi connectivity index (χ2n) is 12.2.